The van der Waals surface area contributed by atoms with E-state index in [0.717, 1.165) is 23.2 Å². The molecule has 19 heavy (non-hydrogen) atoms. The number of benzene rings is 1. The second-order valence-electron chi connectivity index (χ2n) is 5.32. The molecule has 2 nitrogen and oxygen atoms in total. The first kappa shape index (κ1) is 12.4. The molecule has 0 fully saturated rings. The highest BCUT2D eigenvalue weighted by molar-refractivity contribution is 7.10. The van der Waals surface area contributed by atoms with Crippen LogP contribution in [0, 0.1) is 20.8 Å². The van der Waals surface area contributed by atoms with E-state index in [4.69, 9.17) is 0 Å². The number of anilines is 1. The number of aryl methyl sites for hydroxylation is 3. The van der Waals surface area contributed by atoms with Crippen molar-refractivity contribution in [1.29, 1.82) is 0 Å². The summed E-state index contributed by atoms with van der Waals surface area (Å²) in [5.41, 5.74) is 5.86. The molecule has 0 spiro atoms. The lowest BCUT2D eigenvalue weighted by molar-refractivity contribution is -0.117. The molecule has 3 heteroatoms. The Balaban J connectivity index is 2.01. The number of nitrogens with one attached hydrogen (secondary N) is 1. The molecule has 0 saturated carbocycles. The summed E-state index contributed by atoms with van der Waals surface area (Å²) in [6.45, 7) is 6.26. The highest BCUT2D eigenvalue weighted by Gasteiger charge is 2.32. The van der Waals surface area contributed by atoms with Crippen LogP contribution in [0.5, 0.6) is 0 Å². The van der Waals surface area contributed by atoms with E-state index in [0.29, 0.717) is 0 Å². The van der Waals surface area contributed by atoms with Gasteiger partial charge in [-0.15, -0.1) is 11.3 Å². The van der Waals surface area contributed by atoms with Crippen molar-refractivity contribution < 1.29 is 4.79 Å². The first-order valence-electron chi connectivity index (χ1n) is 6.51. The van der Waals surface area contributed by atoms with Crippen molar-refractivity contribution in [3.8, 4) is 0 Å². The summed E-state index contributed by atoms with van der Waals surface area (Å²) in [7, 11) is 0. The van der Waals surface area contributed by atoms with Gasteiger partial charge in [0, 0.05) is 10.6 Å². The van der Waals surface area contributed by atoms with Crippen LogP contribution in [0.1, 0.15) is 33.0 Å². The highest BCUT2D eigenvalue weighted by atomic mass is 32.1. The topological polar surface area (TPSA) is 29.1 Å². The molecule has 2 heterocycles. The second kappa shape index (κ2) is 4.49. The third kappa shape index (κ3) is 2.08. The molecule has 3 rings (SSSR count). The highest BCUT2D eigenvalue weighted by Crippen LogP contribution is 2.38. The van der Waals surface area contributed by atoms with Gasteiger partial charge in [0.05, 0.1) is 5.92 Å². The molecule has 0 unspecified atom stereocenters. The van der Waals surface area contributed by atoms with E-state index in [1.54, 1.807) is 11.3 Å². The maximum absolute atomic E-state index is 12.2. The van der Waals surface area contributed by atoms with Crippen LogP contribution in [0.2, 0.25) is 0 Å². The zero-order chi connectivity index (χ0) is 13.6. The van der Waals surface area contributed by atoms with E-state index < -0.39 is 0 Å². The fourth-order valence-electron chi connectivity index (χ4n) is 2.80. The molecule has 98 valence electrons. The number of hydrogen-bond donors (Lipinski definition) is 1. The lowest BCUT2D eigenvalue weighted by Gasteiger charge is -2.10. The van der Waals surface area contributed by atoms with Crippen LogP contribution in [0.25, 0.3) is 0 Å². The molecule has 0 saturated heterocycles. The summed E-state index contributed by atoms with van der Waals surface area (Å²) < 4.78 is 0. The van der Waals surface area contributed by atoms with Crippen LogP contribution >= 0.6 is 11.3 Å². The van der Waals surface area contributed by atoms with E-state index in [1.807, 2.05) is 0 Å². The number of hydrogen-bond acceptors (Lipinski definition) is 2. The Hall–Kier alpha value is -1.61. The van der Waals surface area contributed by atoms with Crippen LogP contribution < -0.4 is 5.32 Å². The fourth-order valence-corrected chi connectivity index (χ4v) is 3.75. The van der Waals surface area contributed by atoms with E-state index >= 15 is 0 Å². The Bertz CT molecular complexity index is 657. The molecule has 0 radical (unpaired) electrons. The molecule has 2 aromatic rings. The first-order chi connectivity index (χ1) is 9.06. The normalized spacial score (nSPS) is 17.4. The summed E-state index contributed by atoms with van der Waals surface area (Å²) in [5, 5.41) is 5.14. The molecule has 0 aliphatic carbocycles. The van der Waals surface area contributed by atoms with Crippen molar-refractivity contribution in [2.75, 3.05) is 5.32 Å². The maximum Gasteiger partial charge on any atom is 0.232 e. The molecule has 1 aromatic heterocycles. The Labute approximate surface area is 117 Å². The van der Waals surface area contributed by atoms with Gasteiger partial charge in [0.25, 0.3) is 0 Å². The number of thiophene rings is 1. The first-order valence-corrected chi connectivity index (χ1v) is 7.39. The van der Waals surface area contributed by atoms with Crippen molar-refractivity contribution in [3.05, 3.63) is 50.7 Å². The SMILES string of the molecule is Cc1cc(C)c2c(c1)[C@@H](Cc1sccc1C)C(=O)N2. The van der Waals surface area contributed by atoms with Crippen molar-refractivity contribution in [2.24, 2.45) is 0 Å². The zero-order valence-corrected chi connectivity index (χ0v) is 12.2. The second-order valence-corrected chi connectivity index (χ2v) is 6.32. The fraction of sp³-hybridized carbons (Fsp3) is 0.312. The van der Waals surface area contributed by atoms with Gasteiger partial charge in [-0.1, -0.05) is 17.7 Å². The standard InChI is InChI=1S/C16H17NOS/c1-9-6-11(3)15-12(7-9)13(16(18)17-15)8-14-10(2)4-5-19-14/h4-7,13H,8H2,1-3H3,(H,17,18)/t13-/m1/s1. The van der Waals surface area contributed by atoms with Crippen LogP contribution in [-0.2, 0) is 11.2 Å². The van der Waals surface area contributed by atoms with Crippen LogP contribution in [-0.4, -0.2) is 5.91 Å². The molecule has 1 aliphatic rings. The van der Waals surface area contributed by atoms with Crippen LogP contribution in [0.4, 0.5) is 5.69 Å². The van der Waals surface area contributed by atoms with Crippen molar-refractivity contribution in [3.63, 3.8) is 0 Å². The summed E-state index contributed by atoms with van der Waals surface area (Å²) in [6.07, 6.45) is 0.811. The molecule has 1 amide bonds. The van der Waals surface area contributed by atoms with Gasteiger partial charge < -0.3 is 5.32 Å². The minimum absolute atomic E-state index is 0.0362. The average molecular weight is 271 g/mol. The third-order valence-electron chi connectivity index (χ3n) is 3.81. The quantitative estimate of drug-likeness (QED) is 0.880. The van der Waals surface area contributed by atoms with E-state index in [9.17, 15) is 4.79 Å². The Morgan fingerprint density at radius 3 is 2.68 bits per heavy atom. The lowest BCUT2D eigenvalue weighted by atomic mass is 9.93. The smallest absolute Gasteiger partial charge is 0.232 e. The van der Waals surface area contributed by atoms with Gasteiger partial charge >= 0.3 is 0 Å². The number of rotatable bonds is 2. The Morgan fingerprint density at radius 1 is 1.21 bits per heavy atom. The number of fused-ring (bicyclic) bond motifs is 1. The molecule has 1 N–H and O–H groups in total. The van der Waals surface area contributed by atoms with Crippen molar-refractivity contribution in [2.45, 2.75) is 33.1 Å². The summed E-state index contributed by atoms with van der Waals surface area (Å²) in [5.74, 6) is 0.0995. The number of amides is 1. The summed E-state index contributed by atoms with van der Waals surface area (Å²) >= 11 is 1.74. The predicted octanol–water partition coefficient (Wildman–Crippen LogP) is 3.95. The summed E-state index contributed by atoms with van der Waals surface area (Å²) in [4.78, 5) is 13.5. The van der Waals surface area contributed by atoms with Gasteiger partial charge in [-0.25, -0.2) is 0 Å². The molecule has 0 bridgehead atoms. The molecular weight excluding hydrogens is 254 g/mol. The zero-order valence-electron chi connectivity index (χ0n) is 11.4. The monoisotopic (exact) mass is 271 g/mol. The Morgan fingerprint density at radius 2 is 2.00 bits per heavy atom. The minimum Gasteiger partial charge on any atom is -0.325 e. The largest absolute Gasteiger partial charge is 0.325 e. The van der Waals surface area contributed by atoms with E-state index in [-0.39, 0.29) is 11.8 Å². The lowest BCUT2D eigenvalue weighted by Crippen LogP contribution is -2.14. The molecule has 1 aliphatic heterocycles. The summed E-state index contributed by atoms with van der Waals surface area (Å²) in [6, 6.07) is 6.39. The van der Waals surface area contributed by atoms with Crippen molar-refractivity contribution >= 4 is 22.9 Å². The third-order valence-corrected chi connectivity index (χ3v) is 4.85. The van der Waals surface area contributed by atoms with Crippen LogP contribution in [0.15, 0.2) is 23.6 Å². The average Bonchev–Trinajstić information content (AvgIpc) is 2.87. The van der Waals surface area contributed by atoms with Gasteiger partial charge in [-0.2, -0.15) is 0 Å². The van der Waals surface area contributed by atoms with Crippen LogP contribution in [0.3, 0.4) is 0 Å². The molecule has 1 atom stereocenters. The van der Waals surface area contributed by atoms with Gasteiger partial charge in [0.2, 0.25) is 5.91 Å². The Kier molecular flexibility index (Phi) is 2.94. The van der Waals surface area contributed by atoms with E-state index in [2.05, 4.69) is 49.7 Å². The van der Waals surface area contributed by atoms with Gasteiger partial charge in [-0.05, 0) is 55.3 Å². The predicted molar refractivity (Wildman–Crippen MR) is 80.0 cm³/mol. The van der Waals surface area contributed by atoms with Gasteiger partial charge in [0.15, 0.2) is 0 Å². The maximum atomic E-state index is 12.2. The van der Waals surface area contributed by atoms with Crippen molar-refractivity contribution in [1.82, 2.24) is 0 Å². The molecule has 1 aromatic carbocycles. The van der Waals surface area contributed by atoms with Gasteiger partial charge in [0.1, 0.15) is 0 Å². The number of carbonyl (C=O) groups is 1. The number of carbonyl (C=O) groups excluding carboxylic acids is 1. The molecular formula is C16H17NOS. The van der Waals surface area contributed by atoms with Gasteiger partial charge in [-0.3, -0.25) is 4.79 Å². The minimum atomic E-state index is -0.0362. The van der Waals surface area contributed by atoms with E-state index in [1.165, 1.54) is 16.0 Å².